The van der Waals surface area contributed by atoms with Gasteiger partial charge in [-0.05, 0) is 73.0 Å². The lowest BCUT2D eigenvalue weighted by Crippen LogP contribution is -2.28. The van der Waals surface area contributed by atoms with E-state index in [4.69, 9.17) is 30.5 Å². The molecule has 11 heteroatoms. The summed E-state index contributed by atoms with van der Waals surface area (Å²) in [4.78, 5) is 12.7. The molecule has 6 rings (SSSR count). The minimum atomic E-state index is -0.770. The van der Waals surface area contributed by atoms with E-state index in [1.807, 2.05) is 48.7 Å². The maximum Gasteiger partial charge on any atom is 0.319 e. The Morgan fingerprint density at radius 1 is 1.12 bits per heavy atom. The molecular weight excluding hydrogens is 534 g/mol. The lowest BCUT2D eigenvalue weighted by Gasteiger charge is -2.25. The minimum Gasteiger partial charge on any atom is -0.493 e. The van der Waals surface area contributed by atoms with E-state index in [0.29, 0.717) is 54.8 Å². The Balaban J connectivity index is 1.38. The van der Waals surface area contributed by atoms with Crippen LogP contribution in [0, 0.1) is 0 Å². The SMILES string of the molecule is CCOC(=O)C1(c2nnnn2CC[C@H]2O[C@H](c3cccc(OC)c3OC)c3cc(Cl)ccc3-n3cccc32)CC1. The standard InChI is InChI=1S/C29H30ClN5O5/c1-4-39-28(36)29(13-14-29)27-31-32-33-35(27)16-12-23-22-8-6-15-34(22)21-11-10-18(30)17-20(21)25(40-23)19-7-5-9-24(37-2)26(19)38-3/h5-11,15,17,23,25H,4,12-14,16H2,1-3H3/t23-,25-/m1/s1. The van der Waals surface area contributed by atoms with Crippen LogP contribution in [0.25, 0.3) is 5.69 Å². The van der Waals surface area contributed by atoms with Crippen molar-refractivity contribution in [1.29, 1.82) is 0 Å². The number of ether oxygens (including phenoxy) is 4. The van der Waals surface area contributed by atoms with Crippen LogP contribution in [0.15, 0.2) is 54.7 Å². The van der Waals surface area contributed by atoms with Crippen LogP contribution in [0.2, 0.25) is 5.02 Å². The molecule has 0 unspecified atom stereocenters. The first-order valence-corrected chi connectivity index (χ1v) is 13.7. The summed E-state index contributed by atoms with van der Waals surface area (Å²) in [5.41, 5.74) is 2.90. The zero-order chi connectivity index (χ0) is 27.9. The average Bonchev–Trinajstić information content (AvgIpc) is 3.42. The Morgan fingerprint density at radius 2 is 1.98 bits per heavy atom. The van der Waals surface area contributed by atoms with Crippen LogP contribution in [0.3, 0.4) is 0 Å². The van der Waals surface area contributed by atoms with Crippen LogP contribution in [0.5, 0.6) is 11.5 Å². The summed E-state index contributed by atoms with van der Waals surface area (Å²) in [6.07, 6.45) is 3.05. The molecule has 40 heavy (non-hydrogen) atoms. The molecule has 0 amide bonds. The molecular formula is C29H30ClN5O5. The molecule has 3 heterocycles. The summed E-state index contributed by atoms with van der Waals surface area (Å²) in [6, 6.07) is 15.6. The largest absolute Gasteiger partial charge is 0.493 e. The van der Waals surface area contributed by atoms with Crippen molar-refractivity contribution in [3.63, 3.8) is 0 Å². The van der Waals surface area contributed by atoms with E-state index in [-0.39, 0.29) is 12.1 Å². The number of benzene rings is 2. The Labute approximate surface area is 236 Å². The van der Waals surface area contributed by atoms with E-state index < -0.39 is 11.5 Å². The lowest BCUT2D eigenvalue weighted by molar-refractivity contribution is -0.146. The van der Waals surface area contributed by atoms with E-state index in [2.05, 4.69) is 26.2 Å². The van der Waals surface area contributed by atoms with Gasteiger partial charge in [0.2, 0.25) is 0 Å². The molecule has 208 valence electrons. The Hall–Kier alpha value is -3.89. The third-order valence-electron chi connectivity index (χ3n) is 7.64. The van der Waals surface area contributed by atoms with Crippen molar-refractivity contribution in [3.8, 4) is 17.2 Å². The molecule has 0 N–H and O–H groups in total. The Bertz CT molecular complexity index is 1550. The van der Waals surface area contributed by atoms with Crippen LogP contribution in [0.4, 0.5) is 0 Å². The second-order valence-electron chi connectivity index (χ2n) is 9.91. The van der Waals surface area contributed by atoms with Gasteiger partial charge in [-0.2, -0.15) is 0 Å². The maximum absolute atomic E-state index is 12.7. The zero-order valence-corrected chi connectivity index (χ0v) is 23.3. The number of esters is 1. The number of nitrogens with zero attached hydrogens (tertiary/aromatic N) is 5. The molecule has 2 aromatic carbocycles. The molecule has 4 aromatic rings. The maximum atomic E-state index is 12.7. The van der Waals surface area contributed by atoms with Gasteiger partial charge in [-0.1, -0.05) is 23.7 Å². The number of tetrazole rings is 1. The number of halogens is 1. The van der Waals surface area contributed by atoms with Gasteiger partial charge in [0.1, 0.15) is 17.6 Å². The molecule has 2 aliphatic rings. The highest BCUT2D eigenvalue weighted by atomic mass is 35.5. The first-order chi connectivity index (χ1) is 19.5. The van der Waals surface area contributed by atoms with Gasteiger partial charge in [0.05, 0.1) is 32.2 Å². The van der Waals surface area contributed by atoms with Crippen molar-refractivity contribution in [1.82, 2.24) is 24.8 Å². The van der Waals surface area contributed by atoms with Gasteiger partial charge in [0.15, 0.2) is 17.3 Å². The summed E-state index contributed by atoms with van der Waals surface area (Å²) >= 11 is 6.51. The fourth-order valence-electron chi connectivity index (χ4n) is 5.56. The van der Waals surface area contributed by atoms with E-state index in [1.54, 1.807) is 25.8 Å². The van der Waals surface area contributed by atoms with E-state index in [1.165, 1.54) is 0 Å². The lowest BCUT2D eigenvalue weighted by atomic mass is 9.98. The van der Waals surface area contributed by atoms with E-state index >= 15 is 0 Å². The van der Waals surface area contributed by atoms with Crippen LogP contribution in [-0.4, -0.2) is 51.6 Å². The zero-order valence-electron chi connectivity index (χ0n) is 22.5. The van der Waals surface area contributed by atoms with Gasteiger partial charge < -0.3 is 23.5 Å². The third kappa shape index (κ3) is 4.41. The molecule has 0 saturated heterocycles. The van der Waals surface area contributed by atoms with Crippen molar-refractivity contribution in [3.05, 3.63) is 82.4 Å². The van der Waals surface area contributed by atoms with Crippen molar-refractivity contribution < 1.29 is 23.7 Å². The summed E-state index contributed by atoms with van der Waals surface area (Å²) in [5, 5.41) is 13.0. The molecule has 2 aromatic heterocycles. The predicted octanol–water partition coefficient (Wildman–Crippen LogP) is 4.98. The van der Waals surface area contributed by atoms with Gasteiger partial charge in [-0.15, -0.1) is 5.10 Å². The van der Waals surface area contributed by atoms with Gasteiger partial charge in [0, 0.05) is 28.9 Å². The highest BCUT2D eigenvalue weighted by molar-refractivity contribution is 6.30. The predicted molar refractivity (Wildman–Crippen MR) is 146 cm³/mol. The average molecular weight is 564 g/mol. The monoisotopic (exact) mass is 563 g/mol. The van der Waals surface area contributed by atoms with Gasteiger partial charge in [0.25, 0.3) is 0 Å². The fourth-order valence-corrected chi connectivity index (χ4v) is 5.74. The van der Waals surface area contributed by atoms with Crippen molar-refractivity contribution in [2.45, 2.75) is 50.4 Å². The van der Waals surface area contributed by atoms with Gasteiger partial charge >= 0.3 is 5.97 Å². The number of hydrogen-bond donors (Lipinski definition) is 0. The first kappa shape index (κ1) is 26.3. The summed E-state index contributed by atoms with van der Waals surface area (Å²) in [5.74, 6) is 1.47. The number of aryl methyl sites for hydroxylation is 1. The second-order valence-corrected chi connectivity index (χ2v) is 10.3. The smallest absolute Gasteiger partial charge is 0.319 e. The molecule has 0 bridgehead atoms. The van der Waals surface area contributed by atoms with Crippen molar-refractivity contribution >= 4 is 17.6 Å². The Kier molecular flexibility index (Phi) is 6.97. The Morgan fingerprint density at radius 3 is 2.73 bits per heavy atom. The van der Waals surface area contributed by atoms with Crippen LogP contribution in [-0.2, 0) is 26.2 Å². The molecule has 10 nitrogen and oxygen atoms in total. The number of aromatic nitrogens is 5. The molecule has 0 spiro atoms. The van der Waals surface area contributed by atoms with Crippen LogP contribution >= 0.6 is 11.6 Å². The first-order valence-electron chi connectivity index (χ1n) is 13.3. The van der Waals surface area contributed by atoms with Crippen molar-refractivity contribution in [2.24, 2.45) is 0 Å². The topological polar surface area (TPSA) is 103 Å². The summed E-state index contributed by atoms with van der Waals surface area (Å²) < 4.78 is 27.5. The number of carbonyl (C=O) groups excluding carboxylic acids is 1. The number of carbonyl (C=O) groups is 1. The highest BCUT2D eigenvalue weighted by Gasteiger charge is 2.57. The number of para-hydroxylation sites is 1. The quantitative estimate of drug-likeness (QED) is 0.263. The third-order valence-corrected chi connectivity index (χ3v) is 7.87. The molecule has 1 aliphatic carbocycles. The normalized spacial score (nSPS) is 18.8. The summed E-state index contributed by atoms with van der Waals surface area (Å²) in [6.45, 7) is 2.56. The number of methoxy groups -OCH3 is 2. The second kappa shape index (κ2) is 10.6. The minimum absolute atomic E-state index is 0.275. The number of hydrogen-bond acceptors (Lipinski definition) is 8. The molecule has 1 saturated carbocycles. The van der Waals surface area contributed by atoms with Gasteiger partial charge in [-0.25, -0.2) is 4.68 Å². The van der Waals surface area contributed by atoms with E-state index in [9.17, 15) is 4.79 Å². The fraction of sp³-hybridized carbons (Fsp3) is 0.379. The van der Waals surface area contributed by atoms with Gasteiger partial charge in [-0.3, -0.25) is 4.79 Å². The van der Waals surface area contributed by atoms with Crippen LogP contribution < -0.4 is 9.47 Å². The molecule has 1 fully saturated rings. The summed E-state index contributed by atoms with van der Waals surface area (Å²) in [7, 11) is 3.23. The highest BCUT2D eigenvalue weighted by Crippen LogP contribution is 2.49. The molecule has 0 radical (unpaired) electrons. The molecule has 2 atom stereocenters. The number of rotatable bonds is 9. The van der Waals surface area contributed by atoms with Crippen LogP contribution in [0.1, 0.15) is 61.0 Å². The number of fused-ring (bicyclic) bond motifs is 3. The van der Waals surface area contributed by atoms with Crippen molar-refractivity contribution in [2.75, 3.05) is 20.8 Å². The molecule has 1 aliphatic heterocycles. The van der Waals surface area contributed by atoms with E-state index in [0.717, 1.165) is 22.5 Å².